The molecule has 0 bridgehead atoms. The van der Waals surface area contributed by atoms with Crippen molar-refractivity contribution in [2.45, 2.75) is 39.5 Å². The molecule has 5 aromatic carbocycles. The van der Waals surface area contributed by atoms with Crippen molar-refractivity contribution < 1.29 is 0 Å². The number of hydrogen-bond donors (Lipinski definition) is 0. The Morgan fingerprint density at radius 2 is 1.39 bits per heavy atom. The van der Waals surface area contributed by atoms with E-state index in [-0.39, 0.29) is 0 Å². The summed E-state index contributed by atoms with van der Waals surface area (Å²) in [6.45, 7) is 9.24. The zero-order valence-electron chi connectivity index (χ0n) is 23.7. The van der Waals surface area contributed by atoms with E-state index in [2.05, 4.69) is 158 Å². The van der Waals surface area contributed by atoms with Gasteiger partial charge in [0, 0.05) is 29.3 Å². The fourth-order valence-electron chi connectivity index (χ4n) is 6.00. The van der Waals surface area contributed by atoms with E-state index in [1.807, 2.05) is 11.3 Å². The predicted molar refractivity (Wildman–Crippen MR) is 186 cm³/mol. The maximum Gasteiger partial charge on any atom is 0.147 e. The highest BCUT2D eigenvalue weighted by molar-refractivity contribution is 14.1. The van der Waals surface area contributed by atoms with Crippen LogP contribution in [0.15, 0.2) is 103 Å². The second-order valence-electron chi connectivity index (χ2n) is 11.4. The molecule has 0 spiro atoms. The third kappa shape index (κ3) is 4.48. The molecule has 202 valence electrons. The lowest BCUT2D eigenvalue weighted by Crippen LogP contribution is -2.09. The lowest BCUT2D eigenvalue weighted by atomic mass is 9.88. The number of benzene rings is 5. The third-order valence-electron chi connectivity index (χ3n) is 8.00. The van der Waals surface area contributed by atoms with Gasteiger partial charge in [-0.15, -0.1) is 11.3 Å². The number of para-hydroxylation sites is 2. The maximum absolute atomic E-state index is 5.35. The minimum atomic E-state index is 0.336. The van der Waals surface area contributed by atoms with E-state index in [1.165, 1.54) is 57.2 Å². The first-order chi connectivity index (χ1) is 19.9. The second kappa shape index (κ2) is 10.4. The first kappa shape index (κ1) is 26.4. The number of hydrogen-bond acceptors (Lipinski definition) is 2. The van der Waals surface area contributed by atoms with Crippen LogP contribution in [0.4, 0.5) is 0 Å². The standard InChI is InChI=1S/C37H31IN2S/c1-22(2)29-19-25(24-11-6-5-7-12-24)20-30(23(3)4)35(29)40-33-16-9-8-15-32(33)39-37(40)28-14-10-13-27-31-21-26(38)17-18-34(31)41-36(27)28/h5-23H,1-4H3. The van der Waals surface area contributed by atoms with Crippen LogP contribution in [-0.4, -0.2) is 9.55 Å². The van der Waals surface area contributed by atoms with Crippen molar-refractivity contribution >= 4 is 65.1 Å². The average molecular weight is 663 g/mol. The summed E-state index contributed by atoms with van der Waals surface area (Å²) in [5.41, 5.74) is 9.84. The van der Waals surface area contributed by atoms with Crippen molar-refractivity contribution in [3.8, 4) is 28.2 Å². The number of thiophene rings is 1. The molecule has 0 aliphatic rings. The van der Waals surface area contributed by atoms with Crippen molar-refractivity contribution in [1.29, 1.82) is 0 Å². The first-order valence-electron chi connectivity index (χ1n) is 14.2. The summed E-state index contributed by atoms with van der Waals surface area (Å²) >= 11 is 4.28. The van der Waals surface area contributed by atoms with Gasteiger partial charge in [0.05, 0.1) is 16.7 Å². The van der Waals surface area contributed by atoms with Crippen LogP contribution in [0.5, 0.6) is 0 Å². The molecule has 0 fully saturated rings. The summed E-state index contributed by atoms with van der Waals surface area (Å²) in [7, 11) is 0. The molecule has 7 rings (SSSR count). The lowest BCUT2D eigenvalue weighted by Gasteiger charge is -2.24. The zero-order valence-corrected chi connectivity index (χ0v) is 26.6. The molecule has 0 aliphatic carbocycles. The highest BCUT2D eigenvalue weighted by Gasteiger charge is 2.24. The molecule has 0 radical (unpaired) electrons. The lowest BCUT2D eigenvalue weighted by molar-refractivity contribution is 0.812. The Hall–Kier alpha value is -3.48. The Labute approximate surface area is 258 Å². The summed E-state index contributed by atoms with van der Waals surface area (Å²) in [4.78, 5) is 5.35. The first-order valence-corrected chi connectivity index (χ1v) is 16.1. The van der Waals surface area contributed by atoms with E-state index < -0.39 is 0 Å². The van der Waals surface area contributed by atoms with Crippen LogP contribution in [0.3, 0.4) is 0 Å². The van der Waals surface area contributed by atoms with Gasteiger partial charge in [0.25, 0.3) is 0 Å². The largest absolute Gasteiger partial charge is 0.292 e. The molecule has 0 N–H and O–H groups in total. The molecule has 7 aromatic rings. The van der Waals surface area contributed by atoms with E-state index in [4.69, 9.17) is 4.98 Å². The van der Waals surface area contributed by atoms with Crippen molar-refractivity contribution in [2.24, 2.45) is 0 Å². The minimum absolute atomic E-state index is 0.336. The number of imidazole rings is 1. The maximum atomic E-state index is 5.35. The molecule has 2 nitrogen and oxygen atoms in total. The summed E-state index contributed by atoms with van der Waals surface area (Å²) in [5, 5.41) is 2.62. The van der Waals surface area contributed by atoms with Gasteiger partial charge < -0.3 is 0 Å². The Balaban J connectivity index is 1.59. The topological polar surface area (TPSA) is 17.8 Å². The molecule has 4 heteroatoms. The molecule has 0 aliphatic heterocycles. The Morgan fingerprint density at radius 1 is 0.683 bits per heavy atom. The Morgan fingerprint density at radius 3 is 2.12 bits per heavy atom. The molecule has 2 aromatic heterocycles. The monoisotopic (exact) mass is 662 g/mol. The molecule has 0 unspecified atom stereocenters. The number of halogens is 1. The van der Waals surface area contributed by atoms with Gasteiger partial charge in [-0.05, 0) is 105 Å². The quantitative estimate of drug-likeness (QED) is 0.168. The van der Waals surface area contributed by atoms with Crippen LogP contribution < -0.4 is 0 Å². The van der Waals surface area contributed by atoms with Gasteiger partial charge in [0.2, 0.25) is 0 Å². The smallest absolute Gasteiger partial charge is 0.147 e. The summed E-state index contributed by atoms with van der Waals surface area (Å²) in [6, 6.07) is 37.6. The number of aromatic nitrogens is 2. The third-order valence-corrected chi connectivity index (χ3v) is 9.90. The van der Waals surface area contributed by atoms with Crippen molar-refractivity contribution in [3.63, 3.8) is 0 Å². The van der Waals surface area contributed by atoms with E-state index >= 15 is 0 Å². The Kier molecular flexibility index (Phi) is 6.71. The summed E-state index contributed by atoms with van der Waals surface area (Å²) < 4.78 is 6.32. The molecule has 0 atom stereocenters. The number of rotatable bonds is 5. The van der Waals surface area contributed by atoms with E-state index in [1.54, 1.807) is 0 Å². The molecular formula is C37H31IN2S. The highest BCUT2D eigenvalue weighted by atomic mass is 127. The average Bonchev–Trinajstić information content (AvgIpc) is 3.55. The number of nitrogens with zero attached hydrogens (tertiary/aromatic N) is 2. The fourth-order valence-corrected chi connectivity index (χ4v) is 7.68. The Bertz CT molecular complexity index is 2040. The van der Waals surface area contributed by atoms with Crippen LogP contribution in [0.1, 0.15) is 50.7 Å². The van der Waals surface area contributed by atoms with Crippen LogP contribution >= 0.6 is 33.9 Å². The van der Waals surface area contributed by atoms with Crippen LogP contribution in [-0.2, 0) is 0 Å². The normalized spacial score (nSPS) is 12.0. The van der Waals surface area contributed by atoms with Gasteiger partial charge in [0.1, 0.15) is 5.82 Å². The molecule has 0 saturated heterocycles. The predicted octanol–water partition coefficient (Wildman–Crippen LogP) is 11.6. The van der Waals surface area contributed by atoms with Gasteiger partial charge in [-0.3, -0.25) is 4.57 Å². The van der Waals surface area contributed by atoms with Gasteiger partial charge >= 0.3 is 0 Å². The highest BCUT2D eigenvalue weighted by Crippen LogP contribution is 2.44. The van der Waals surface area contributed by atoms with Gasteiger partial charge in [-0.1, -0.05) is 82.3 Å². The number of fused-ring (bicyclic) bond motifs is 4. The van der Waals surface area contributed by atoms with Crippen LogP contribution in [0.2, 0.25) is 0 Å². The van der Waals surface area contributed by atoms with Crippen molar-refractivity contribution in [2.75, 3.05) is 0 Å². The molecule has 0 amide bonds. The van der Waals surface area contributed by atoms with Crippen molar-refractivity contribution in [1.82, 2.24) is 9.55 Å². The molecule has 0 saturated carbocycles. The minimum Gasteiger partial charge on any atom is -0.292 e. The van der Waals surface area contributed by atoms with Gasteiger partial charge in [0.15, 0.2) is 0 Å². The fraction of sp³-hybridized carbons (Fsp3) is 0.162. The second-order valence-corrected chi connectivity index (χ2v) is 13.7. The summed E-state index contributed by atoms with van der Waals surface area (Å²) in [6.07, 6.45) is 0. The van der Waals surface area contributed by atoms with E-state index in [0.717, 1.165) is 16.9 Å². The van der Waals surface area contributed by atoms with E-state index in [0.29, 0.717) is 11.8 Å². The van der Waals surface area contributed by atoms with E-state index in [9.17, 15) is 0 Å². The van der Waals surface area contributed by atoms with Crippen LogP contribution in [0, 0.1) is 3.57 Å². The summed E-state index contributed by atoms with van der Waals surface area (Å²) in [5.74, 6) is 1.68. The van der Waals surface area contributed by atoms with Gasteiger partial charge in [-0.2, -0.15) is 0 Å². The zero-order chi connectivity index (χ0) is 28.2. The molecule has 2 heterocycles. The molecule has 41 heavy (non-hydrogen) atoms. The molecular weight excluding hydrogens is 631 g/mol. The SMILES string of the molecule is CC(C)c1cc(-c2ccccc2)cc(C(C)C)c1-n1c(-c2cccc3c2sc2ccc(I)cc23)nc2ccccc21. The van der Waals surface area contributed by atoms with Crippen molar-refractivity contribution in [3.05, 3.63) is 118 Å². The van der Waals surface area contributed by atoms with Gasteiger partial charge in [-0.25, -0.2) is 4.98 Å². The van der Waals surface area contributed by atoms with Crippen LogP contribution in [0.25, 0.3) is 59.4 Å².